The predicted octanol–water partition coefficient (Wildman–Crippen LogP) is 15.5. The quantitative estimate of drug-likeness (QED) is 0.135. The minimum atomic E-state index is 0.455. The van der Waals surface area contributed by atoms with E-state index in [1.807, 2.05) is 66.7 Å². The normalized spacial score (nSPS) is 12.6. The van der Waals surface area contributed by atoms with Gasteiger partial charge in [-0.15, -0.1) is 0 Å². The Morgan fingerprint density at radius 2 is 0.761 bits per heavy atom. The third-order valence-corrected chi connectivity index (χ3v) is 12.3. The molecule has 2 heterocycles. The molecule has 0 spiro atoms. The molecule has 0 unspecified atom stereocenters. The third kappa shape index (κ3) is 8.55. The van der Waals surface area contributed by atoms with Crippen LogP contribution in [0.15, 0.2) is 249 Å². The first kappa shape index (κ1) is 40.8. The number of hydrogen-bond acceptors (Lipinski definition) is 4. The number of benzene rings is 9. The highest BCUT2D eigenvalue weighted by atomic mass is 14.9. The summed E-state index contributed by atoms with van der Waals surface area (Å²) in [6.45, 7) is 0. The lowest BCUT2D eigenvalue weighted by molar-refractivity contribution is 1.18. The molecule has 9 aromatic carbocycles. The zero-order valence-corrected chi connectivity index (χ0v) is 36.6. The van der Waals surface area contributed by atoms with E-state index in [1.54, 1.807) is 0 Å². The monoisotopic (exact) mass is 856 g/mol. The molecule has 0 aliphatic carbocycles. The number of allylic oxidation sites excluding steroid dienone is 1. The summed E-state index contributed by atoms with van der Waals surface area (Å²) >= 11 is 0. The van der Waals surface area contributed by atoms with Gasteiger partial charge in [0.25, 0.3) is 0 Å². The van der Waals surface area contributed by atoms with Gasteiger partial charge in [-0.25, -0.2) is 9.97 Å². The maximum Gasteiger partial charge on any atom is 0.160 e. The maximum atomic E-state index is 9.63. The van der Waals surface area contributed by atoms with E-state index in [-0.39, 0.29) is 0 Å². The number of nitrogens with one attached hydrogen (secondary N) is 2. The lowest BCUT2D eigenvalue weighted by Crippen LogP contribution is -2.20. The molecule has 67 heavy (non-hydrogen) atoms. The first-order chi connectivity index (χ1) is 33.1. The maximum absolute atomic E-state index is 9.63. The highest BCUT2D eigenvalue weighted by Crippen LogP contribution is 2.39. The van der Waals surface area contributed by atoms with Gasteiger partial charge >= 0.3 is 0 Å². The summed E-state index contributed by atoms with van der Waals surface area (Å²) in [6, 6.07) is 86.1. The Morgan fingerprint density at radius 1 is 0.343 bits per heavy atom. The average Bonchev–Trinajstić information content (AvgIpc) is 3.42. The molecule has 0 fully saturated rings. The van der Waals surface area contributed by atoms with Gasteiger partial charge in [0.2, 0.25) is 0 Å². The minimum Gasteiger partial charge on any atom is -0.354 e. The van der Waals surface area contributed by atoms with Crippen molar-refractivity contribution in [2.24, 2.45) is 0 Å². The van der Waals surface area contributed by atoms with Gasteiger partial charge < -0.3 is 5.32 Å². The zero-order chi connectivity index (χ0) is 44.9. The second-order valence-electron chi connectivity index (χ2n) is 16.6. The Morgan fingerprint density at radius 3 is 1.31 bits per heavy atom. The Balaban J connectivity index is 1.00. The lowest BCUT2D eigenvalue weighted by atomic mass is 9.87. The number of rotatable bonds is 10. The van der Waals surface area contributed by atoms with E-state index in [1.165, 1.54) is 0 Å². The van der Waals surface area contributed by atoms with Gasteiger partial charge in [-0.3, -0.25) is 5.41 Å². The largest absolute Gasteiger partial charge is 0.354 e. The van der Waals surface area contributed by atoms with Crippen molar-refractivity contribution in [1.82, 2.24) is 15.3 Å². The standard InChI is InChI=1S/C63H44N4/c64-61(48-26-14-5-15-27-48)60(47-24-12-4-13-25-47)62-56-37-36-52(40-55(56)41-57(65-62)46-22-10-3-11-23-46)45-32-34-49(35-33-45)63-66-58(53-30-16-28-50(38-53)43-18-6-1-7-19-43)42-59(67-63)54-31-17-29-51(39-54)44-20-8-2-9-21-44/h1-42,64-65H/b62-60-,64-61?. The van der Waals surface area contributed by atoms with Crippen LogP contribution in [0.4, 0.5) is 0 Å². The molecule has 0 atom stereocenters. The fraction of sp³-hybridized carbons (Fsp3) is 0. The van der Waals surface area contributed by atoms with Crippen molar-refractivity contribution in [2.75, 3.05) is 0 Å². The topological polar surface area (TPSA) is 61.7 Å². The van der Waals surface area contributed by atoms with Gasteiger partial charge in [-0.1, -0.05) is 224 Å². The molecule has 4 heteroatoms. The van der Waals surface area contributed by atoms with Crippen LogP contribution < -0.4 is 5.32 Å². The highest BCUT2D eigenvalue weighted by molar-refractivity contribution is 6.36. The van der Waals surface area contributed by atoms with E-state index in [9.17, 15) is 5.41 Å². The summed E-state index contributed by atoms with van der Waals surface area (Å²) < 4.78 is 0. The van der Waals surface area contributed by atoms with Crippen LogP contribution in [0.2, 0.25) is 0 Å². The van der Waals surface area contributed by atoms with E-state index in [4.69, 9.17) is 9.97 Å². The van der Waals surface area contributed by atoms with E-state index in [0.717, 1.165) is 106 Å². The molecule has 4 nitrogen and oxygen atoms in total. The fourth-order valence-corrected chi connectivity index (χ4v) is 8.88. The van der Waals surface area contributed by atoms with E-state index < -0.39 is 0 Å². The van der Waals surface area contributed by atoms with Crippen molar-refractivity contribution in [3.05, 3.63) is 277 Å². The van der Waals surface area contributed by atoms with Gasteiger partial charge in [0.1, 0.15) is 0 Å². The van der Waals surface area contributed by atoms with Crippen molar-refractivity contribution in [3.63, 3.8) is 0 Å². The molecule has 1 aliphatic rings. The predicted molar refractivity (Wildman–Crippen MR) is 279 cm³/mol. The Hall–Kier alpha value is -8.99. The molecule has 0 radical (unpaired) electrons. The van der Waals surface area contributed by atoms with Crippen LogP contribution in [0.5, 0.6) is 0 Å². The summed E-state index contributed by atoms with van der Waals surface area (Å²) in [5.74, 6) is 0.658. The summed E-state index contributed by atoms with van der Waals surface area (Å²) in [5, 5.41) is 13.4. The van der Waals surface area contributed by atoms with Crippen LogP contribution in [-0.2, 0) is 0 Å². The summed E-state index contributed by atoms with van der Waals surface area (Å²) in [7, 11) is 0. The smallest absolute Gasteiger partial charge is 0.160 e. The molecule has 1 aromatic heterocycles. The van der Waals surface area contributed by atoms with E-state index >= 15 is 0 Å². The van der Waals surface area contributed by atoms with Crippen LogP contribution >= 0.6 is 0 Å². The Bertz CT molecular complexity index is 3350. The highest BCUT2D eigenvalue weighted by Gasteiger charge is 2.24. The molecule has 0 saturated heterocycles. The Labute approximate surface area is 391 Å². The molecule has 11 rings (SSSR count). The van der Waals surface area contributed by atoms with Crippen LogP contribution in [0.25, 0.3) is 90.3 Å². The van der Waals surface area contributed by atoms with Crippen molar-refractivity contribution in [3.8, 4) is 67.3 Å². The molecule has 0 amide bonds. The molecule has 1 aliphatic heterocycles. The van der Waals surface area contributed by atoms with Crippen molar-refractivity contribution >= 4 is 28.8 Å². The second kappa shape index (κ2) is 18.2. The molecular weight excluding hydrogens is 813 g/mol. The lowest BCUT2D eigenvalue weighted by Gasteiger charge is -2.26. The zero-order valence-electron chi connectivity index (χ0n) is 36.6. The Kier molecular flexibility index (Phi) is 11.1. The van der Waals surface area contributed by atoms with Crippen LogP contribution in [-0.4, -0.2) is 15.7 Å². The number of fused-ring (bicyclic) bond motifs is 1. The fourth-order valence-electron chi connectivity index (χ4n) is 8.88. The molecule has 316 valence electrons. The molecule has 2 N–H and O–H groups in total. The van der Waals surface area contributed by atoms with Gasteiger partial charge in [-0.05, 0) is 80.4 Å². The molecular formula is C63H44N4. The van der Waals surface area contributed by atoms with E-state index in [0.29, 0.717) is 11.5 Å². The van der Waals surface area contributed by atoms with Gasteiger partial charge in [0, 0.05) is 39.1 Å². The van der Waals surface area contributed by atoms with Crippen LogP contribution in [0.3, 0.4) is 0 Å². The van der Waals surface area contributed by atoms with Gasteiger partial charge in [0.05, 0.1) is 22.8 Å². The van der Waals surface area contributed by atoms with Gasteiger partial charge in [-0.2, -0.15) is 0 Å². The van der Waals surface area contributed by atoms with Crippen LogP contribution in [0.1, 0.15) is 27.8 Å². The SMILES string of the molecule is N=C(/C(=C1\NC(c2ccccc2)=Cc2cc(-c3ccc(-c4nc(-c5cccc(-c6ccccc6)c5)cc(-c5cccc(-c6ccccc6)c5)n4)cc3)ccc21)c1ccccc1)c1ccccc1. The number of aromatic nitrogens is 2. The van der Waals surface area contributed by atoms with Gasteiger partial charge in [0.15, 0.2) is 5.82 Å². The molecule has 0 saturated carbocycles. The van der Waals surface area contributed by atoms with Crippen LogP contribution in [0, 0.1) is 5.41 Å². The van der Waals surface area contributed by atoms with E-state index in [2.05, 4.69) is 193 Å². The summed E-state index contributed by atoms with van der Waals surface area (Å²) in [5.41, 5.74) is 19.6. The molecule has 0 bridgehead atoms. The van der Waals surface area contributed by atoms with Crippen molar-refractivity contribution < 1.29 is 0 Å². The van der Waals surface area contributed by atoms with Crippen molar-refractivity contribution in [2.45, 2.75) is 0 Å². The number of nitrogens with zero attached hydrogens (tertiary/aromatic N) is 2. The summed E-state index contributed by atoms with van der Waals surface area (Å²) in [6.07, 6.45) is 2.22. The first-order valence-corrected chi connectivity index (χ1v) is 22.6. The third-order valence-electron chi connectivity index (χ3n) is 12.3. The first-order valence-electron chi connectivity index (χ1n) is 22.6. The summed E-state index contributed by atoms with van der Waals surface area (Å²) in [4.78, 5) is 10.5. The average molecular weight is 857 g/mol. The number of hydrogen-bond donors (Lipinski definition) is 2. The molecule has 10 aromatic rings. The van der Waals surface area contributed by atoms with Crippen molar-refractivity contribution in [1.29, 1.82) is 5.41 Å². The minimum absolute atomic E-state index is 0.455. The second-order valence-corrected chi connectivity index (χ2v) is 16.6.